The van der Waals surface area contributed by atoms with Crippen molar-refractivity contribution in [3.8, 4) is 0 Å². The van der Waals surface area contributed by atoms with Crippen molar-refractivity contribution < 1.29 is 14.3 Å². The Labute approximate surface area is 115 Å². The Hall–Kier alpha value is -1.32. The molecule has 1 rings (SSSR count). The van der Waals surface area contributed by atoms with Crippen molar-refractivity contribution in [3.05, 3.63) is 11.6 Å². The Morgan fingerprint density at radius 3 is 2.47 bits per heavy atom. The standard InChI is InChI=1S/C15H25NO3/c1-11(2)9-12(10-17)13-7-6-8-16(13)14(18)19-15(3,4)5/h9-10,12-13H,6-8H2,1-5H3/t12-,13-/m0/s1. The molecule has 1 amide bonds. The number of nitrogens with zero attached hydrogens (tertiary/aromatic N) is 1. The second-order valence-electron chi connectivity index (χ2n) is 6.34. The van der Waals surface area contributed by atoms with Crippen molar-refractivity contribution in [3.63, 3.8) is 0 Å². The summed E-state index contributed by atoms with van der Waals surface area (Å²) < 4.78 is 5.40. The van der Waals surface area contributed by atoms with Crippen molar-refractivity contribution in [2.24, 2.45) is 5.92 Å². The minimum atomic E-state index is -0.503. The quantitative estimate of drug-likeness (QED) is 0.583. The predicted molar refractivity (Wildman–Crippen MR) is 74.9 cm³/mol. The van der Waals surface area contributed by atoms with Gasteiger partial charge in [-0.3, -0.25) is 0 Å². The number of allylic oxidation sites excluding steroid dienone is 1. The van der Waals surface area contributed by atoms with E-state index in [0.717, 1.165) is 24.7 Å². The molecule has 0 aromatic carbocycles. The molecule has 1 saturated heterocycles. The van der Waals surface area contributed by atoms with Crippen molar-refractivity contribution in [1.82, 2.24) is 4.90 Å². The van der Waals surface area contributed by atoms with Gasteiger partial charge in [0.25, 0.3) is 0 Å². The van der Waals surface area contributed by atoms with E-state index in [1.54, 1.807) is 4.90 Å². The molecule has 108 valence electrons. The third-order valence-electron chi connectivity index (χ3n) is 3.05. The summed E-state index contributed by atoms with van der Waals surface area (Å²) in [6, 6.07) is -0.0674. The number of ether oxygens (including phenoxy) is 1. The van der Waals surface area contributed by atoms with E-state index in [2.05, 4.69) is 0 Å². The van der Waals surface area contributed by atoms with Crippen LogP contribution in [0.3, 0.4) is 0 Å². The van der Waals surface area contributed by atoms with Gasteiger partial charge >= 0.3 is 6.09 Å². The van der Waals surface area contributed by atoms with E-state index in [4.69, 9.17) is 4.74 Å². The first-order chi connectivity index (χ1) is 8.74. The molecular weight excluding hydrogens is 242 g/mol. The monoisotopic (exact) mass is 267 g/mol. The van der Waals surface area contributed by atoms with Crippen LogP contribution in [-0.2, 0) is 9.53 Å². The minimum absolute atomic E-state index is 0.0674. The van der Waals surface area contributed by atoms with Crippen LogP contribution in [0.4, 0.5) is 4.79 Å². The fourth-order valence-corrected chi connectivity index (χ4v) is 2.37. The number of amides is 1. The van der Waals surface area contributed by atoms with Crippen LogP contribution in [-0.4, -0.2) is 35.5 Å². The number of rotatable bonds is 3. The molecule has 0 aromatic rings. The molecule has 0 aliphatic carbocycles. The highest BCUT2D eigenvalue weighted by atomic mass is 16.6. The van der Waals surface area contributed by atoms with Crippen LogP contribution in [0, 0.1) is 5.92 Å². The van der Waals surface area contributed by atoms with E-state index >= 15 is 0 Å². The third-order valence-corrected chi connectivity index (χ3v) is 3.05. The van der Waals surface area contributed by atoms with Crippen LogP contribution in [0.15, 0.2) is 11.6 Å². The Morgan fingerprint density at radius 1 is 1.37 bits per heavy atom. The maximum absolute atomic E-state index is 12.1. The highest BCUT2D eigenvalue weighted by molar-refractivity contribution is 5.70. The lowest BCUT2D eigenvalue weighted by molar-refractivity contribution is -0.111. The number of aldehydes is 1. The molecule has 4 heteroatoms. The van der Waals surface area contributed by atoms with Gasteiger partial charge in [-0.25, -0.2) is 4.79 Å². The smallest absolute Gasteiger partial charge is 0.410 e. The zero-order valence-electron chi connectivity index (χ0n) is 12.6. The third kappa shape index (κ3) is 4.69. The summed E-state index contributed by atoms with van der Waals surface area (Å²) in [7, 11) is 0. The SMILES string of the molecule is CC(C)=C[C@@H](C=O)[C@@H]1CCCN1C(=O)OC(C)(C)C. The number of likely N-dealkylation sites (tertiary alicyclic amines) is 1. The van der Waals surface area contributed by atoms with E-state index in [9.17, 15) is 9.59 Å². The molecule has 2 atom stereocenters. The summed E-state index contributed by atoms with van der Waals surface area (Å²) in [5.74, 6) is -0.236. The Balaban J connectivity index is 2.81. The Kier molecular flexibility index (Phi) is 5.15. The molecule has 0 N–H and O–H groups in total. The van der Waals surface area contributed by atoms with Gasteiger partial charge in [0.1, 0.15) is 11.9 Å². The lowest BCUT2D eigenvalue weighted by Gasteiger charge is -2.30. The van der Waals surface area contributed by atoms with Gasteiger partial charge in [-0.2, -0.15) is 0 Å². The van der Waals surface area contributed by atoms with Crippen molar-refractivity contribution in [1.29, 1.82) is 0 Å². The average Bonchev–Trinajstić information content (AvgIpc) is 2.71. The van der Waals surface area contributed by atoms with E-state index in [0.29, 0.717) is 6.54 Å². The van der Waals surface area contributed by atoms with Crippen molar-refractivity contribution in [2.45, 2.75) is 59.1 Å². The minimum Gasteiger partial charge on any atom is -0.444 e. The van der Waals surface area contributed by atoms with Gasteiger partial charge in [0, 0.05) is 12.6 Å². The second-order valence-corrected chi connectivity index (χ2v) is 6.34. The molecule has 1 heterocycles. The zero-order valence-corrected chi connectivity index (χ0v) is 12.6. The summed E-state index contributed by atoms with van der Waals surface area (Å²) >= 11 is 0. The number of hydrogen-bond donors (Lipinski definition) is 0. The lowest BCUT2D eigenvalue weighted by Crippen LogP contribution is -2.43. The van der Waals surface area contributed by atoms with Crippen LogP contribution in [0.5, 0.6) is 0 Å². The maximum atomic E-state index is 12.1. The van der Waals surface area contributed by atoms with Gasteiger partial charge in [0.05, 0.1) is 5.92 Å². The van der Waals surface area contributed by atoms with Crippen LogP contribution in [0.25, 0.3) is 0 Å². The van der Waals surface area contributed by atoms with Gasteiger partial charge in [-0.1, -0.05) is 11.6 Å². The van der Waals surface area contributed by atoms with Crippen molar-refractivity contribution >= 4 is 12.4 Å². The second kappa shape index (κ2) is 6.22. The summed E-state index contributed by atoms with van der Waals surface area (Å²) in [6.45, 7) is 10.1. The van der Waals surface area contributed by atoms with Gasteiger partial charge in [0.2, 0.25) is 0 Å². The Bertz CT molecular complexity index is 364. The normalized spacial score (nSPS) is 20.9. The van der Waals surface area contributed by atoms with Gasteiger partial charge < -0.3 is 14.4 Å². The molecule has 0 aromatic heterocycles. The first-order valence-electron chi connectivity index (χ1n) is 6.84. The highest BCUT2D eigenvalue weighted by Crippen LogP contribution is 2.26. The van der Waals surface area contributed by atoms with Crippen LogP contribution < -0.4 is 0 Å². The number of hydrogen-bond acceptors (Lipinski definition) is 3. The molecule has 1 aliphatic heterocycles. The fourth-order valence-electron chi connectivity index (χ4n) is 2.37. The molecule has 0 unspecified atom stereocenters. The lowest BCUT2D eigenvalue weighted by atomic mass is 9.97. The first-order valence-corrected chi connectivity index (χ1v) is 6.84. The number of carbonyl (C=O) groups is 2. The summed E-state index contributed by atoms with van der Waals surface area (Å²) in [6.07, 6.45) is 4.32. The van der Waals surface area contributed by atoms with E-state index < -0.39 is 5.60 Å². The maximum Gasteiger partial charge on any atom is 0.410 e. The summed E-state index contributed by atoms with van der Waals surface area (Å²) in [4.78, 5) is 25.1. The molecule has 0 saturated carbocycles. The highest BCUT2D eigenvalue weighted by Gasteiger charge is 2.36. The number of carbonyl (C=O) groups excluding carboxylic acids is 2. The molecule has 0 bridgehead atoms. The molecule has 1 aliphatic rings. The van der Waals surface area contributed by atoms with E-state index in [1.165, 1.54) is 0 Å². The fraction of sp³-hybridized carbons (Fsp3) is 0.733. The van der Waals surface area contributed by atoms with Crippen LogP contribution >= 0.6 is 0 Å². The van der Waals surface area contributed by atoms with E-state index in [-0.39, 0.29) is 18.1 Å². The van der Waals surface area contributed by atoms with Gasteiger partial charge in [-0.05, 0) is 47.5 Å². The average molecular weight is 267 g/mol. The predicted octanol–water partition coefficient (Wildman–Crippen LogP) is 3.17. The molecule has 0 spiro atoms. The Morgan fingerprint density at radius 2 is 2.00 bits per heavy atom. The zero-order chi connectivity index (χ0) is 14.6. The van der Waals surface area contributed by atoms with E-state index in [1.807, 2.05) is 40.7 Å². The topological polar surface area (TPSA) is 46.6 Å². The molecule has 0 radical (unpaired) electrons. The van der Waals surface area contributed by atoms with Crippen LogP contribution in [0.2, 0.25) is 0 Å². The molecule has 19 heavy (non-hydrogen) atoms. The first kappa shape index (κ1) is 15.7. The van der Waals surface area contributed by atoms with Crippen LogP contribution in [0.1, 0.15) is 47.5 Å². The van der Waals surface area contributed by atoms with Gasteiger partial charge in [0.15, 0.2) is 0 Å². The van der Waals surface area contributed by atoms with Gasteiger partial charge in [-0.15, -0.1) is 0 Å². The van der Waals surface area contributed by atoms with Crippen molar-refractivity contribution in [2.75, 3.05) is 6.54 Å². The summed E-state index contributed by atoms with van der Waals surface area (Å²) in [5, 5.41) is 0. The largest absolute Gasteiger partial charge is 0.444 e. The molecular formula is C15H25NO3. The molecule has 4 nitrogen and oxygen atoms in total. The summed E-state index contributed by atoms with van der Waals surface area (Å²) in [5.41, 5.74) is 0.588. The molecule has 1 fully saturated rings.